The first-order valence-corrected chi connectivity index (χ1v) is 6.51. The molecule has 0 radical (unpaired) electrons. The van der Waals surface area contributed by atoms with E-state index in [2.05, 4.69) is 38.3 Å². The number of hydrogen-bond donors (Lipinski definition) is 0. The second-order valence-corrected chi connectivity index (χ2v) is 5.11. The monoisotopic (exact) mass is 315 g/mol. The van der Waals surface area contributed by atoms with Crippen LogP contribution in [0.3, 0.4) is 0 Å². The summed E-state index contributed by atoms with van der Waals surface area (Å²) in [7, 11) is 0. The topological polar surface area (TPSA) is 21.6 Å². The van der Waals surface area contributed by atoms with Crippen molar-refractivity contribution >= 4 is 33.3 Å². The molecule has 1 aromatic rings. The fourth-order valence-corrected chi connectivity index (χ4v) is 2.18. The Bertz CT molecular complexity index is 456. The Morgan fingerprint density at radius 3 is 2.94 bits per heavy atom. The largest absolute Gasteiger partial charge is 0.373 e. The van der Waals surface area contributed by atoms with E-state index in [9.17, 15) is 4.39 Å². The molecule has 1 aliphatic rings. The molecule has 1 aromatic carbocycles. The summed E-state index contributed by atoms with van der Waals surface area (Å²) in [5.41, 5.74) is 0.579. The zero-order valence-corrected chi connectivity index (χ0v) is 11.4. The summed E-state index contributed by atoms with van der Waals surface area (Å²) in [6.45, 7) is 0.303. The van der Waals surface area contributed by atoms with Crippen molar-refractivity contribution in [3.8, 4) is 0 Å². The molecule has 5 heteroatoms. The van der Waals surface area contributed by atoms with Gasteiger partial charge in [0.15, 0.2) is 0 Å². The van der Waals surface area contributed by atoms with Gasteiger partial charge >= 0.3 is 0 Å². The summed E-state index contributed by atoms with van der Waals surface area (Å²) in [6, 6.07) is 5.22. The van der Waals surface area contributed by atoms with Gasteiger partial charge in [0.1, 0.15) is 5.82 Å². The lowest BCUT2D eigenvalue weighted by Crippen LogP contribution is -2.34. The minimum atomic E-state index is -0.243. The first kappa shape index (κ1) is 12.8. The molecule has 0 amide bonds. The molecule has 1 aliphatic carbocycles. The van der Waals surface area contributed by atoms with E-state index in [-0.39, 0.29) is 18.0 Å². The van der Waals surface area contributed by atoms with Gasteiger partial charge in [0.05, 0.1) is 23.9 Å². The van der Waals surface area contributed by atoms with E-state index in [1.807, 2.05) is 6.07 Å². The molecule has 0 saturated heterocycles. The molecule has 17 heavy (non-hydrogen) atoms. The number of benzene rings is 1. The summed E-state index contributed by atoms with van der Waals surface area (Å²) < 4.78 is 19.8. The molecule has 0 heterocycles. The molecule has 0 atom stereocenters. The lowest BCUT2D eigenvalue weighted by atomic mass is 9.90. The van der Waals surface area contributed by atoms with Gasteiger partial charge in [0, 0.05) is 10.0 Å². The molecule has 0 aliphatic heterocycles. The SMILES string of the molecule is Fc1cc(Br)ccc1CO[C@H]1C[C@H](N=C=S)C1. The predicted molar refractivity (Wildman–Crippen MR) is 70.7 cm³/mol. The van der Waals surface area contributed by atoms with E-state index in [0.29, 0.717) is 12.2 Å². The quantitative estimate of drug-likeness (QED) is 0.623. The van der Waals surface area contributed by atoms with Crippen LogP contribution in [0.4, 0.5) is 4.39 Å². The molecule has 2 rings (SSSR count). The lowest BCUT2D eigenvalue weighted by molar-refractivity contribution is -0.0192. The fraction of sp³-hybridized carbons (Fsp3) is 0.417. The van der Waals surface area contributed by atoms with Crippen molar-refractivity contribution in [1.82, 2.24) is 0 Å². The third kappa shape index (κ3) is 3.42. The van der Waals surface area contributed by atoms with Crippen molar-refractivity contribution in [3.63, 3.8) is 0 Å². The summed E-state index contributed by atoms with van der Waals surface area (Å²) in [5.74, 6) is -0.243. The minimum Gasteiger partial charge on any atom is -0.373 e. The Hall–Kier alpha value is -0.610. The van der Waals surface area contributed by atoms with Crippen molar-refractivity contribution in [2.75, 3.05) is 0 Å². The van der Waals surface area contributed by atoms with Crippen molar-refractivity contribution < 1.29 is 9.13 Å². The van der Waals surface area contributed by atoms with Crippen LogP contribution in [0.5, 0.6) is 0 Å². The molecule has 0 spiro atoms. The van der Waals surface area contributed by atoms with Gasteiger partial charge in [-0.15, -0.1) is 0 Å². The van der Waals surface area contributed by atoms with Crippen LogP contribution < -0.4 is 0 Å². The number of rotatable bonds is 4. The van der Waals surface area contributed by atoms with Crippen molar-refractivity contribution in [1.29, 1.82) is 0 Å². The highest BCUT2D eigenvalue weighted by Crippen LogP contribution is 2.27. The Kier molecular flexibility index (Phi) is 4.40. The van der Waals surface area contributed by atoms with Crippen LogP contribution in [0.25, 0.3) is 0 Å². The minimum absolute atomic E-state index is 0.162. The van der Waals surface area contributed by atoms with Crippen LogP contribution in [0, 0.1) is 5.82 Å². The predicted octanol–water partition coefficient (Wildman–Crippen LogP) is 3.74. The average Bonchev–Trinajstić information content (AvgIpc) is 2.23. The second-order valence-electron chi connectivity index (χ2n) is 4.01. The van der Waals surface area contributed by atoms with E-state index >= 15 is 0 Å². The molecular formula is C12H11BrFNOS. The molecule has 90 valence electrons. The van der Waals surface area contributed by atoms with Gasteiger partial charge < -0.3 is 4.74 Å². The number of nitrogens with zero attached hydrogens (tertiary/aromatic N) is 1. The highest BCUT2D eigenvalue weighted by Gasteiger charge is 2.29. The molecular weight excluding hydrogens is 305 g/mol. The third-order valence-corrected chi connectivity index (χ3v) is 3.39. The standard InChI is InChI=1S/C12H11BrFNOS/c13-9-2-1-8(12(14)3-9)6-16-11-4-10(5-11)15-7-17/h1-3,10-11H,4-6H2/t10-,11-. The van der Waals surface area contributed by atoms with Crippen LogP contribution in [0.2, 0.25) is 0 Å². The van der Waals surface area contributed by atoms with Crippen LogP contribution in [-0.2, 0) is 11.3 Å². The van der Waals surface area contributed by atoms with E-state index in [1.165, 1.54) is 6.07 Å². The Morgan fingerprint density at radius 1 is 1.53 bits per heavy atom. The number of isothiocyanates is 1. The van der Waals surface area contributed by atoms with E-state index in [4.69, 9.17) is 4.74 Å². The number of thiocarbonyl (C=S) groups is 1. The Labute approximate surface area is 113 Å². The van der Waals surface area contributed by atoms with Crippen LogP contribution >= 0.6 is 28.1 Å². The maximum atomic E-state index is 13.5. The maximum absolute atomic E-state index is 13.5. The molecule has 0 unspecified atom stereocenters. The zero-order chi connectivity index (χ0) is 12.3. The first-order valence-electron chi connectivity index (χ1n) is 5.31. The highest BCUT2D eigenvalue weighted by atomic mass is 79.9. The van der Waals surface area contributed by atoms with Crippen LogP contribution in [0.1, 0.15) is 18.4 Å². The zero-order valence-electron chi connectivity index (χ0n) is 9.03. The lowest BCUT2D eigenvalue weighted by Gasteiger charge is -2.31. The number of ether oxygens (including phenoxy) is 1. The van der Waals surface area contributed by atoms with Crippen molar-refractivity contribution in [3.05, 3.63) is 34.1 Å². The third-order valence-electron chi connectivity index (χ3n) is 2.79. The maximum Gasteiger partial charge on any atom is 0.129 e. The van der Waals surface area contributed by atoms with E-state index < -0.39 is 0 Å². The van der Waals surface area contributed by atoms with Gasteiger partial charge in [-0.2, -0.15) is 0 Å². The molecule has 0 N–H and O–H groups in total. The van der Waals surface area contributed by atoms with Crippen LogP contribution in [0.15, 0.2) is 27.7 Å². The molecule has 0 bridgehead atoms. The highest BCUT2D eigenvalue weighted by molar-refractivity contribution is 9.10. The summed E-state index contributed by atoms with van der Waals surface area (Å²) in [4.78, 5) is 3.97. The van der Waals surface area contributed by atoms with Crippen LogP contribution in [-0.4, -0.2) is 17.3 Å². The van der Waals surface area contributed by atoms with Gasteiger partial charge in [-0.25, -0.2) is 9.38 Å². The first-order chi connectivity index (χ1) is 8.19. The Balaban J connectivity index is 1.81. The van der Waals surface area contributed by atoms with Crippen molar-refractivity contribution in [2.45, 2.75) is 31.6 Å². The number of hydrogen-bond acceptors (Lipinski definition) is 3. The molecule has 2 nitrogen and oxygen atoms in total. The van der Waals surface area contributed by atoms with Crippen molar-refractivity contribution in [2.24, 2.45) is 4.99 Å². The molecule has 0 aromatic heterocycles. The second kappa shape index (κ2) is 5.83. The molecule has 1 saturated carbocycles. The van der Waals surface area contributed by atoms with Gasteiger partial charge in [-0.1, -0.05) is 22.0 Å². The summed E-state index contributed by atoms with van der Waals surface area (Å²) in [5, 5.41) is 2.37. The molecule has 1 fully saturated rings. The smallest absolute Gasteiger partial charge is 0.129 e. The van der Waals surface area contributed by atoms with E-state index in [0.717, 1.165) is 17.3 Å². The van der Waals surface area contributed by atoms with Gasteiger partial charge in [-0.05, 0) is 37.2 Å². The van der Waals surface area contributed by atoms with Gasteiger partial charge in [0.25, 0.3) is 0 Å². The van der Waals surface area contributed by atoms with Gasteiger partial charge in [0.2, 0.25) is 0 Å². The summed E-state index contributed by atoms with van der Waals surface area (Å²) in [6.07, 6.45) is 1.86. The average molecular weight is 316 g/mol. The fourth-order valence-electron chi connectivity index (χ4n) is 1.70. The van der Waals surface area contributed by atoms with Gasteiger partial charge in [-0.3, -0.25) is 0 Å². The summed E-state index contributed by atoms with van der Waals surface area (Å²) >= 11 is 7.74. The Morgan fingerprint density at radius 2 is 2.29 bits per heavy atom. The number of aliphatic imine (C=N–C) groups is 1. The number of halogens is 2. The van der Waals surface area contributed by atoms with E-state index in [1.54, 1.807) is 6.07 Å². The normalized spacial score (nSPS) is 22.7.